The molecule has 0 saturated heterocycles. The fourth-order valence-corrected chi connectivity index (χ4v) is 3.60. The minimum atomic E-state index is -0.00727. The van der Waals surface area contributed by atoms with Crippen LogP contribution in [0.1, 0.15) is 40.4 Å². The van der Waals surface area contributed by atoms with Gasteiger partial charge < -0.3 is 5.32 Å². The number of hydrogen-bond acceptors (Lipinski definition) is 4. The molecule has 2 heterocycles. The van der Waals surface area contributed by atoms with E-state index in [-0.39, 0.29) is 11.9 Å². The molecule has 0 radical (unpaired) electrons. The fourth-order valence-electron chi connectivity index (χ4n) is 1.74. The molecule has 5 heteroatoms. The summed E-state index contributed by atoms with van der Waals surface area (Å²) in [6, 6.07) is 6.02. The van der Waals surface area contributed by atoms with Gasteiger partial charge in [-0.05, 0) is 23.9 Å². The summed E-state index contributed by atoms with van der Waals surface area (Å²) >= 11 is 7.34. The quantitative estimate of drug-likeness (QED) is 0.788. The highest BCUT2D eigenvalue weighted by Gasteiger charge is 2.16. The van der Waals surface area contributed by atoms with Gasteiger partial charge in [-0.2, -0.15) is 0 Å². The molecule has 18 heavy (non-hydrogen) atoms. The Bertz CT molecular complexity index is 504. The molecule has 0 fully saturated rings. The molecule has 2 nitrogen and oxygen atoms in total. The molecule has 96 valence electrons. The number of carbonyl (C=O) groups is 1. The number of hydrogen-bond donors (Lipinski definition) is 2. The third-order valence-electron chi connectivity index (χ3n) is 2.58. The van der Waals surface area contributed by atoms with E-state index < -0.39 is 0 Å². The molecule has 0 aromatic carbocycles. The van der Waals surface area contributed by atoms with Crippen LogP contribution in [0.25, 0.3) is 0 Å². The third kappa shape index (κ3) is 3.37. The first-order valence-corrected chi connectivity index (χ1v) is 8.03. The summed E-state index contributed by atoms with van der Waals surface area (Å²) in [5.41, 5.74) is 0. The summed E-state index contributed by atoms with van der Waals surface area (Å²) in [6.45, 7) is 2.13. The summed E-state index contributed by atoms with van der Waals surface area (Å²) in [6.07, 6.45) is 2.01. The Morgan fingerprint density at radius 3 is 2.89 bits per heavy atom. The van der Waals surface area contributed by atoms with Gasteiger partial charge in [0.2, 0.25) is 0 Å². The molecule has 2 rings (SSSR count). The van der Waals surface area contributed by atoms with Crippen LogP contribution in [-0.4, -0.2) is 5.91 Å². The Balaban J connectivity index is 2.07. The van der Waals surface area contributed by atoms with Crippen molar-refractivity contribution in [2.24, 2.45) is 0 Å². The molecule has 1 amide bonds. The number of nitrogens with one attached hydrogen (secondary N) is 1. The first-order valence-electron chi connectivity index (χ1n) is 5.82. The Morgan fingerprint density at radius 1 is 1.50 bits per heavy atom. The van der Waals surface area contributed by atoms with E-state index in [4.69, 9.17) is 0 Å². The lowest BCUT2D eigenvalue weighted by molar-refractivity contribution is 0.0939. The standard InChI is InChI=1S/C13H15NOS3/c1-2-4-10(11-5-3-6-17-11)14-13(15)12-7-9(16)8-18-12/h3,5-8,10,16H,2,4H2,1H3,(H,14,15). The van der Waals surface area contributed by atoms with Crippen molar-refractivity contribution in [3.63, 3.8) is 0 Å². The largest absolute Gasteiger partial charge is 0.344 e. The van der Waals surface area contributed by atoms with E-state index in [9.17, 15) is 4.79 Å². The second-order valence-corrected chi connectivity index (χ2v) is 6.41. The number of thiol groups is 1. The van der Waals surface area contributed by atoms with Crippen LogP contribution in [0.2, 0.25) is 0 Å². The molecular weight excluding hydrogens is 282 g/mol. The number of rotatable bonds is 5. The van der Waals surface area contributed by atoms with E-state index in [1.54, 1.807) is 17.4 Å². The minimum absolute atomic E-state index is 0.00727. The van der Waals surface area contributed by atoms with E-state index in [0.29, 0.717) is 0 Å². The molecule has 0 aliphatic rings. The van der Waals surface area contributed by atoms with E-state index in [2.05, 4.69) is 30.9 Å². The zero-order chi connectivity index (χ0) is 13.0. The van der Waals surface area contributed by atoms with Crippen LogP contribution in [0.3, 0.4) is 0 Å². The van der Waals surface area contributed by atoms with Crippen LogP contribution in [0.15, 0.2) is 33.9 Å². The van der Waals surface area contributed by atoms with Gasteiger partial charge in [-0.25, -0.2) is 0 Å². The van der Waals surface area contributed by atoms with Gasteiger partial charge in [0.25, 0.3) is 5.91 Å². The maximum absolute atomic E-state index is 12.1. The van der Waals surface area contributed by atoms with Crippen LogP contribution in [-0.2, 0) is 0 Å². The molecule has 0 bridgehead atoms. The zero-order valence-electron chi connectivity index (χ0n) is 10.1. The van der Waals surface area contributed by atoms with Crippen LogP contribution < -0.4 is 5.32 Å². The highest BCUT2D eigenvalue weighted by Crippen LogP contribution is 2.25. The Labute approximate surface area is 120 Å². The van der Waals surface area contributed by atoms with Gasteiger partial charge >= 0.3 is 0 Å². The first-order chi connectivity index (χ1) is 8.70. The highest BCUT2D eigenvalue weighted by molar-refractivity contribution is 7.80. The monoisotopic (exact) mass is 297 g/mol. The van der Waals surface area contributed by atoms with Crippen LogP contribution in [0.5, 0.6) is 0 Å². The van der Waals surface area contributed by atoms with Gasteiger partial charge in [-0.15, -0.1) is 35.3 Å². The number of amides is 1. The number of thiophene rings is 2. The lowest BCUT2D eigenvalue weighted by Crippen LogP contribution is -2.27. The molecule has 1 N–H and O–H groups in total. The van der Waals surface area contributed by atoms with Crippen molar-refractivity contribution >= 4 is 41.2 Å². The Morgan fingerprint density at radius 2 is 2.33 bits per heavy atom. The van der Waals surface area contributed by atoms with Gasteiger partial charge in [-0.3, -0.25) is 4.79 Å². The van der Waals surface area contributed by atoms with Crippen LogP contribution >= 0.6 is 35.3 Å². The predicted molar refractivity (Wildman–Crippen MR) is 81.0 cm³/mol. The summed E-state index contributed by atoms with van der Waals surface area (Å²) < 4.78 is 0. The van der Waals surface area contributed by atoms with Crippen molar-refractivity contribution < 1.29 is 4.79 Å². The lowest BCUT2D eigenvalue weighted by Gasteiger charge is -2.16. The van der Waals surface area contributed by atoms with Crippen molar-refractivity contribution in [3.8, 4) is 0 Å². The minimum Gasteiger partial charge on any atom is -0.344 e. The highest BCUT2D eigenvalue weighted by atomic mass is 32.1. The van der Waals surface area contributed by atoms with E-state index in [1.165, 1.54) is 16.2 Å². The van der Waals surface area contributed by atoms with Gasteiger partial charge in [0.05, 0.1) is 10.9 Å². The Hall–Kier alpha value is -0.780. The predicted octanol–water partition coefficient (Wildman–Crippen LogP) is 4.37. The average Bonchev–Trinajstić information content (AvgIpc) is 2.98. The summed E-state index contributed by atoms with van der Waals surface area (Å²) in [4.78, 5) is 14.9. The maximum atomic E-state index is 12.1. The topological polar surface area (TPSA) is 29.1 Å². The normalized spacial score (nSPS) is 12.3. The molecule has 2 aromatic heterocycles. The van der Waals surface area contributed by atoms with Crippen molar-refractivity contribution in [1.82, 2.24) is 5.32 Å². The van der Waals surface area contributed by atoms with Crippen molar-refractivity contribution in [1.29, 1.82) is 0 Å². The fraction of sp³-hybridized carbons (Fsp3) is 0.308. The van der Waals surface area contributed by atoms with Crippen molar-refractivity contribution in [3.05, 3.63) is 38.7 Å². The molecule has 1 unspecified atom stereocenters. The third-order valence-corrected chi connectivity index (χ3v) is 4.93. The average molecular weight is 297 g/mol. The zero-order valence-corrected chi connectivity index (χ0v) is 12.6. The molecule has 0 aliphatic heterocycles. The van der Waals surface area contributed by atoms with Crippen LogP contribution in [0, 0.1) is 0 Å². The second kappa shape index (κ2) is 6.41. The van der Waals surface area contributed by atoms with E-state index >= 15 is 0 Å². The second-order valence-electron chi connectivity index (χ2n) is 4.00. The SMILES string of the molecule is CCCC(NC(=O)c1cc(S)cs1)c1cccs1. The van der Waals surface area contributed by atoms with Crippen molar-refractivity contribution in [2.75, 3.05) is 0 Å². The van der Waals surface area contributed by atoms with Crippen LogP contribution in [0.4, 0.5) is 0 Å². The molecule has 0 saturated carbocycles. The maximum Gasteiger partial charge on any atom is 0.261 e. The van der Waals surface area contributed by atoms with E-state index in [0.717, 1.165) is 22.6 Å². The molecular formula is C13H15NOS3. The molecule has 1 atom stereocenters. The summed E-state index contributed by atoms with van der Waals surface area (Å²) in [7, 11) is 0. The van der Waals surface area contributed by atoms with Gasteiger partial charge in [0.15, 0.2) is 0 Å². The van der Waals surface area contributed by atoms with Gasteiger partial charge in [-0.1, -0.05) is 19.4 Å². The smallest absolute Gasteiger partial charge is 0.261 e. The first kappa shape index (κ1) is 13.6. The van der Waals surface area contributed by atoms with Gasteiger partial charge in [0, 0.05) is 15.2 Å². The Kier molecular flexibility index (Phi) is 4.86. The molecule has 0 spiro atoms. The summed E-state index contributed by atoms with van der Waals surface area (Å²) in [5, 5.41) is 7.01. The summed E-state index contributed by atoms with van der Waals surface area (Å²) in [5.74, 6) is -0.00727. The molecule has 0 aliphatic carbocycles. The number of carbonyl (C=O) groups excluding carboxylic acids is 1. The molecule has 2 aromatic rings. The van der Waals surface area contributed by atoms with Crippen molar-refractivity contribution in [2.45, 2.75) is 30.7 Å². The van der Waals surface area contributed by atoms with E-state index in [1.807, 2.05) is 16.8 Å². The van der Waals surface area contributed by atoms with Gasteiger partial charge in [0.1, 0.15) is 0 Å². The lowest BCUT2D eigenvalue weighted by atomic mass is 10.1.